The molecule has 0 radical (unpaired) electrons. The average molecular weight is 383 g/mol. The van der Waals surface area contributed by atoms with Crippen molar-refractivity contribution in [1.29, 1.82) is 0 Å². The van der Waals surface area contributed by atoms with Crippen LogP contribution < -0.4 is 0 Å². The Morgan fingerprint density at radius 2 is 2.20 bits per heavy atom. The van der Waals surface area contributed by atoms with Gasteiger partial charge in [-0.25, -0.2) is 12.8 Å². The summed E-state index contributed by atoms with van der Waals surface area (Å²) >= 11 is 1.23. The largest absolute Gasteiger partial charge is 0.309 e. The van der Waals surface area contributed by atoms with Crippen LogP contribution in [0.5, 0.6) is 0 Å². The maximum atomic E-state index is 13.2. The molecule has 9 heteroatoms. The van der Waals surface area contributed by atoms with Gasteiger partial charge in [0.15, 0.2) is 20.8 Å². The van der Waals surface area contributed by atoms with Gasteiger partial charge in [-0.15, -0.1) is 10.2 Å². The van der Waals surface area contributed by atoms with Crippen molar-refractivity contribution in [3.05, 3.63) is 41.5 Å². The number of thioether (sulfide) groups is 1. The minimum atomic E-state index is -2.92. The van der Waals surface area contributed by atoms with Gasteiger partial charge in [0.2, 0.25) is 0 Å². The lowest BCUT2D eigenvalue weighted by atomic mass is 10.1. The molecule has 0 amide bonds. The van der Waals surface area contributed by atoms with Crippen molar-refractivity contribution in [2.45, 2.75) is 18.0 Å². The van der Waals surface area contributed by atoms with Crippen molar-refractivity contribution in [3.8, 4) is 0 Å². The third kappa shape index (κ3) is 4.46. The number of benzene rings is 1. The van der Waals surface area contributed by atoms with Crippen LogP contribution in [0.25, 0.3) is 0 Å². The summed E-state index contributed by atoms with van der Waals surface area (Å²) in [4.78, 5) is 12.1. The average Bonchev–Trinajstić information content (AvgIpc) is 3.08. The predicted molar refractivity (Wildman–Crippen MR) is 92.9 cm³/mol. The predicted octanol–water partition coefficient (Wildman–Crippen LogP) is 1.91. The fourth-order valence-electron chi connectivity index (χ4n) is 2.82. The number of Topliss-reactive ketones (excluding diaryl/α,β-unsaturated/α-hetero) is 1. The summed E-state index contributed by atoms with van der Waals surface area (Å²) in [6, 6.07) is 5.59. The van der Waals surface area contributed by atoms with Crippen LogP contribution in [-0.2, 0) is 23.3 Å². The zero-order chi connectivity index (χ0) is 18.0. The van der Waals surface area contributed by atoms with Crippen LogP contribution in [0.1, 0.15) is 22.6 Å². The van der Waals surface area contributed by atoms with E-state index < -0.39 is 15.7 Å². The van der Waals surface area contributed by atoms with E-state index in [4.69, 9.17) is 0 Å². The zero-order valence-electron chi connectivity index (χ0n) is 13.7. The summed E-state index contributed by atoms with van der Waals surface area (Å²) in [5.74, 6) is 0.717. The number of hydrogen-bond acceptors (Lipinski definition) is 6. The van der Waals surface area contributed by atoms with Gasteiger partial charge in [-0.2, -0.15) is 0 Å². The highest BCUT2D eigenvalue weighted by molar-refractivity contribution is 7.99. The zero-order valence-corrected chi connectivity index (χ0v) is 15.3. The van der Waals surface area contributed by atoms with E-state index in [-0.39, 0.29) is 29.0 Å². The van der Waals surface area contributed by atoms with Gasteiger partial charge in [-0.3, -0.25) is 4.79 Å². The summed E-state index contributed by atoms with van der Waals surface area (Å²) in [5, 5.41) is 8.78. The third-order valence-corrected chi connectivity index (χ3v) is 7.06. The Hall–Kier alpha value is -1.74. The van der Waals surface area contributed by atoms with Gasteiger partial charge in [0.25, 0.3) is 0 Å². The first kappa shape index (κ1) is 18.1. The van der Waals surface area contributed by atoms with E-state index in [1.807, 2.05) is 0 Å². The normalized spacial score (nSPS) is 19.2. The van der Waals surface area contributed by atoms with Crippen LogP contribution in [0, 0.1) is 11.7 Å². The first-order chi connectivity index (χ1) is 11.8. The summed E-state index contributed by atoms with van der Waals surface area (Å²) < 4.78 is 38.1. The minimum Gasteiger partial charge on any atom is -0.309 e. The number of hydrogen-bond donors (Lipinski definition) is 0. The topological polar surface area (TPSA) is 81.9 Å². The summed E-state index contributed by atoms with van der Waals surface area (Å²) in [7, 11) is -1.12. The second-order valence-electron chi connectivity index (χ2n) is 6.15. The standard InChI is InChI=1S/C16H18FN3O3S2/c1-20-15(7-11-5-6-25(22,23)10-11)18-19-16(20)24-9-14(21)12-3-2-4-13(17)8-12/h2-4,8,11H,5-7,9-10H2,1H3/t11-/m0/s1. The highest BCUT2D eigenvalue weighted by Gasteiger charge is 2.29. The van der Waals surface area contributed by atoms with E-state index in [0.29, 0.717) is 29.4 Å². The van der Waals surface area contributed by atoms with Gasteiger partial charge in [-0.05, 0) is 24.5 Å². The minimum absolute atomic E-state index is 0.0691. The number of nitrogens with zero attached hydrogens (tertiary/aromatic N) is 3. The molecular weight excluding hydrogens is 365 g/mol. The molecule has 3 rings (SSSR count). The van der Waals surface area contributed by atoms with Gasteiger partial charge >= 0.3 is 0 Å². The summed E-state index contributed by atoms with van der Waals surface area (Å²) in [6.07, 6.45) is 1.21. The molecule has 2 aromatic rings. The molecule has 0 saturated carbocycles. The van der Waals surface area contributed by atoms with Crippen molar-refractivity contribution in [2.24, 2.45) is 13.0 Å². The Morgan fingerprint density at radius 3 is 2.88 bits per heavy atom. The Morgan fingerprint density at radius 1 is 1.40 bits per heavy atom. The van der Waals surface area contributed by atoms with Gasteiger partial charge in [0.1, 0.15) is 11.6 Å². The first-order valence-electron chi connectivity index (χ1n) is 7.84. The molecule has 1 fully saturated rings. The summed E-state index contributed by atoms with van der Waals surface area (Å²) in [6.45, 7) is 0. The SMILES string of the molecule is Cn1c(C[C@@H]2CCS(=O)(=O)C2)nnc1SCC(=O)c1cccc(F)c1. The number of rotatable bonds is 6. The van der Waals surface area contributed by atoms with Gasteiger partial charge in [0, 0.05) is 19.0 Å². The highest BCUT2D eigenvalue weighted by Crippen LogP contribution is 2.24. The molecule has 0 N–H and O–H groups in total. The van der Waals surface area contributed by atoms with E-state index in [1.54, 1.807) is 17.7 Å². The molecule has 0 aliphatic carbocycles. The number of ketones is 1. The second kappa shape index (κ2) is 7.25. The Bertz CT molecular complexity index is 896. The van der Waals surface area contributed by atoms with Gasteiger partial charge in [0.05, 0.1) is 17.3 Å². The van der Waals surface area contributed by atoms with E-state index in [2.05, 4.69) is 10.2 Å². The second-order valence-corrected chi connectivity index (χ2v) is 9.32. The van der Waals surface area contributed by atoms with E-state index in [1.165, 1.54) is 30.0 Å². The van der Waals surface area contributed by atoms with Crippen molar-refractivity contribution >= 4 is 27.4 Å². The molecule has 25 heavy (non-hydrogen) atoms. The fourth-order valence-corrected chi connectivity index (χ4v) is 5.50. The summed E-state index contributed by atoms with van der Waals surface area (Å²) in [5.41, 5.74) is 0.325. The molecule has 1 saturated heterocycles. The molecule has 1 aliphatic rings. The van der Waals surface area contributed by atoms with Crippen molar-refractivity contribution in [1.82, 2.24) is 14.8 Å². The molecular formula is C16H18FN3O3S2. The van der Waals surface area contributed by atoms with Crippen LogP contribution in [0.4, 0.5) is 4.39 Å². The smallest absolute Gasteiger partial charge is 0.191 e. The quantitative estimate of drug-likeness (QED) is 0.560. The van der Waals surface area contributed by atoms with Crippen LogP contribution in [0.15, 0.2) is 29.4 Å². The monoisotopic (exact) mass is 383 g/mol. The van der Waals surface area contributed by atoms with Crippen molar-refractivity contribution < 1.29 is 17.6 Å². The van der Waals surface area contributed by atoms with E-state index >= 15 is 0 Å². The molecule has 1 aromatic carbocycles. The molecule has 0 unspecified atom stereocenters. The van der Waals surface area contributed by atoms with Crippen LogP contribution in [0.2, 0.25) is 0 Å². The molecule has 134 valence electrons. The number of carbonyl (C=O) groups is 1. The highest BCUT2D eigenvalue weighted by atomic mass is 32.2. The van der Waals surface area contributed by atoms with Crippen LogP contribution >= 0.6 is 11.8 Å². The lowest BCUT2D eigenvalue weighted by Crippen LogP contribution is -2.11. The maximum absolute atomic E-state index is 13.2. The third-order valence-electron chi connectivity index (χ3n) is 4.20. The number of sulfone groups is 1. The van der Waals surface area contributed by atoms with Crippen LogP contribution in [0.3, 0.4) is 0 Å². The molecule has 0 spiro atoms. The van der Waals surface area contributed by atoms with Gasteiger partial charge < -0.3 is 4.57 Å². The Balaban J connectivity index is 1.61. The molecule has 1 aliphatic heterocycles. The van der Waals surface area contributed by atoms with E-state index in [0.717, 1.165) is 0 Å². The van der Waals surface area contributed by atoms with Gasteiger partial charge in [-0.1, -0.05) is 23.9 Å². The fraction of sp³-hybridized carbons (Fsp3) is 0.438. The Kier molecular flexibility index (Phi) is 5.24. The van der Waals surface area contributed by atoms with Crippen LogP contribution in [-0.4, -0.2) is 46.2 Å². The Labute approximate surface area is 149 Å². The lowest BCUT2D eigenvalue weighted by molar-refractivity contribution is 0.102. The number of aromatic nitrogens is 3. The van der Waals surface area contributed by atoms with Crippen molar-refractivity contribution in [3.63, 3.8) is 0 Å². The number of halogens is 1. The van der Waals surface area contributed by atoms with E-state index in [9.17, 15) is 17.6 Å². The molecule has 1 aromatic heterocycles. The number of carbonyl (C=O) groups excluding carboxylic acids is 1. The van der Waals surface area contributed by atoms with Crippen molar-refractivity contribution in [2.75, 3.05) is 17.3 Å². The first-order valence-corrected chi connectivity index (χ1v) is 10.6. The molecule has 6 nitrogen and oxygen atoms in total. The lowest BCUT2D eigenvalue weighted by Gasteiger charge is -2.07. The molecule has 0 bridgehead atoms. The maximum Gasteiger partial charge on any atom is 0.191 e. The molecule has 2 heterocycles. The molecule has 1 atom stereocenters.